The minimum absolute atomic E-state index is 0.0448. The van der Waals surface area contributed by atoms with E-state index in [0.717, 1.165) is 18.7 Å². The molecule has 1 saturated carbocycles. The number of carbonyl (C=O) groups is 1. The van der Waals surface area contributed by atoms with Crippen molar-refractivity contribution in [1.82, 2.24) is 15.5 Å². The van der Waals surface area contributed by atoms with E-state index in [0.29, 0.717) is 37.6 Å². The maximum atomic E-state index is 11.7. The van der Waals surface area contributed by atoms with Crippen LogP contribution in [-0.2, 0) is 11.2 Å². The molecule has 0 aliphatic heterocycles. The summed E-state index contributed by atoms with van der Waals surface area (Å²) in [5.74, 6) is 1.94. The van der Waals surface area contributed by atoms with E-state index >= 15 is 0 Å². The smallest absolute Gasteiger partial charge is 0.227 e. The second-order valence-corrected chi connectivity index (χ2v) is 6.48. The number of aliphatic hydroxyl groups is 1. The molecule has 0 spiro atoms. The number of hydrogen-bond acceptors (Lipinski definition) is 5. The van der Waals surface area contributed by atoms with Crippen LogP contribution in [0.3, 0.4) is 0 Å². The highest BCUT2D eigenvalue weighted by atomic mass is 16.5. The maximum Gasteiger partial charge on any atom is 0.227 e. The third kappa shape index (κ3) is 5.09. The first-order valence-electron chi connectivity index (χ1n) is 8.33. The summed E-state index contributed by atoms with van der Waals surface area (Å²) in [4.78, 5) is 16.1. The molecule has 0 radical (unpaired) electrons. The lowest BCUT2D eigenvalue weighted by atomic mass is 10.0. The first-order chi connectivity index (χ1) is 10.6. The lowest BCUT2D eigenvalue weighted by molar-refractivity contribution is -0.121. The Morgan fingerprint density at radius 2 is 2.14 bits per heavy atom. The highest BCUT2D eigenvalue weighted by Gasteiger charge is 2.22. The fourth-order valence-corrected chi connectivity index (χ4v) is 2.72. The number of aliphatic hydroxyl groups excluding tert-OH is 1. The topological polar surface area (TPSA) is 88.2 Å². The Balaban J connectivity index is 1.66. The number of aromatic nitrogens is 2. The summed E-state index contributed by atoms with van der Waals surface area (Å²) in [5.41, 5.74) is 0. The third-order valence-electron chi connectivity index (χ3n) is 4.30. The minimum Gasteiger partial charge on any atom is -0.393 e. The van der Waals surface area contributed by atoms with Gasteiger partial charge in [0.05, 0.1) is 6.10 Å². The van der Waals surface area contributed by atoms with Gasteiger partial charge in [-0.1, -0.05) is 31.8 Å². The Bertz CT molecular complexity index is 467. The van der Waals surface area contributed by atoms with Crippen molar-refractivity contribution in [2.45, 2.75) is 70.8 Å². The lowest BCUT2D eigenvalue weighted by Gasteiger charge is -2.14. The van der Waals surface area contributed by atoms with Gasteiger partial charge in [0.2, 0.25) is 11.8 Å². The van der Waals surface area contributed by atoms with E-state index in [1.165, 1.54) is 12.8 Å². The molecule has 22 heavy (non-hydrogen) atoms. The number of nitrogens with one attached hydrogen (secondary N) is 1. The van der Waals surface area contributed by atoms with Gasteiger partial charge in [-0.15, -0.1) is 0 Å². The Labute approximate surface area is 131 Å². The van der Waals surface area contributed by atoms with Crippen LogP contribution < -0.4 is 5.32 Å². The van der Waals surface area contributed by atoms with Crippen LogP contribution in [-0.4, -0.2) is 33.8 Å². The van der Waals surface area contributed by atoms with Crippen molar-refractivity contribution >= 4 is 5.91 Å². The fourth-order valence-electron chi connectivity index (χ4n) is 2.72. The summed E-state index contributed by atoms with van der Waals surface area (Å²) in [6, 6.07) is 0. The summed E-state index contributed by atoms with van der Waals surface area (Å²) in [5, 5.41) is 16.5. The number of hydrogen-bond donors (Lipinski definition) is 2. The SMILES string of the molecule is CC(C)C(O)CCNC(=O)CCc1nc(C2CCCC2)no1. The second-order valence-electron chi connectivity index (χ2n) is 6.48. The summed E-state index contributed by atoms with van der Waals surface area (Å²) in [6.07, 6.45) is 5.76. The number of rotatable bonds is 8. The number of nitrogens with zero attached hydrogens (tertiary/aromatic N) is 2. The average Bonchev–Trinajstić information content (AvgIpc) is 3.15. The Morgan fingerprint density at radius 3 is 2.82 bits per heavy atom. The van der Waals surface area contributed by atoms with E-state index in [9.17, 15) is 9.90 Å². The van der Waals surface area contributed by atoms with Crippen LogP contribution in [0.25, 0.3) is 0 Å². The van der Waals surface area contributed by atoms with Gasteiger partial charge >= 0.3 is 0 Å². The van der Waals surface area contributed by atoms with Crippen molar-refractivity contribution in [2.24, 2.45) is 5.92 Å². The third-order valence-corrected chi connectivity index (χ3v) is 4.30. The lowest BCUT2D eigenvalue weighted by Crippen LogP contribution is -2.28. The molecule has 1 aliphatic rings. The molecule has 1 aromatic rings. The first kappa shape index (κ1) is 16.9. The quantitative estimate of drug-likeness (QED) is 0.768. The van der Waals surface area contributed by atoms with Gasteiger partial charge in [0.25, 0.3) is 0 Å². The van der Waals surface area contributed by atoms with Crippen LogP contribution >= 0.6 is 0 Å². The molecule has 1 aromatic heterocycles. The van der Waals surface area contributed by atoms with Crippen LogP contribution in [0.4, 0.5) is 0 Å². The average molecular weight is 309 g/mol. The maximum absolute atomic E-state index is 11.7. The van der Waals surface area contributed by atoms with Crippen LogP contribution in [0.1, 0.15) is 70.0 Å². The zero-order chi connectivity index (χ0) is 15.9. The van der Waals surface area contributed by atoms with Crippen molar-refractivity contribution in [3.05, 3.63) is 11.7 Å². The van der Waals surface area contributed by atoms with Crippen LogP contribution in [0.5, 0.6) is 0 Å². The van der Waals surface area contributed by atoms with Gasteiger partial charge in [-0.3, -0.25) is 4.79 Å². The summed E-state index contributed by atoms with van der Waals surface area (Å²) < 4.78 is 5.22. The van der Waals surface area contributed by atoms with E-state index in [2.05, 4.69) is 15.5 Å². The first-order valence-corrected chi connectivity index (χ1v) is 8.33. The summed E-state index contributed by atoms with van der Waals surface area (Å²) in [6.45, 7) is 4.42. The Hall–Kier alpha value is -1.43. The van der Waals surface area contributed by atoms with Crippen molar-refractivity contribution in [2.75, 3.05) is 6.54 Å². The number of carbonyl (C=O) groups excluding carboxylic acids is 1. The van der Waals surface area contributed by atoms with Crippen molar-refractivity contribution in [1.29, 1.82) is 0 Å². The molecule has 1 unspecified atom stereocenters. The van der Waals surface area contributed by atoms with Gasteiger partial charge in [0.1, 0.15) is 0 Å². The molecule has 2 rings (SSSR count). The summed E-state index contributed by atoms with van der Waals surface area (Å²) in [7, 11) is 0. The molecule has 1 fully saturated rings. The van der Waals surface area contributed by atoms with Crippen LogP contribution in [0, 0.1) is 5.92 Å². The van der Waals surface area contributed by atoms with E-state index in [4.69, 9.17) is 4.52 Å². The molecule has 2 N–H and O–H groups in total. The number of aryl methyl sites for hydroxylation is 1. The van der Waals surface area contributed by atoms with Gasteiger partial charge in [-0.2, -0.15) is 4.98 Å². The molecule has 6 heteroatoms. The molecule has 1 amide bonds. The zero-order valence-corrected chi connectivity index (χ0v) is 13.5. The standard InChI is InChI=1S/C16H27N3O3/c1-11(2)13(20)9-10-17-14(21)7-8-15-18-16(19-22-15)12-5-3-4-6-12/h11-13,20H,3-10H2,1-2H3,(H,17,21). The van der Waals surface area contributed by atoms with E-state index in [1.54, 1.807) is 0 Å². The monoisotopic (exact) mass is 309 g/mol. The molecular weight excluding hydrogens is 282 g/mol. The zero-order valence-electron chi connectivity index (χ0n) is 13.5. The van der Waals surface area contributed by atoms with Crippen LogP contribution in [0.15, 0.2) is 4.52 Å². The normalized spacial score (nSPS) is 17.1. The van der Waals surface area contributed by atoms with Crippen molar-refractivity contribution in [3.63, 3.8) is 0 Å². The van der Waals surface area contributed by atoms with Gasteiger partial charge in [-0.25, -0.2) is 0 Å². The molecule has 0 saturated heterocycles. The molecule has 124 valence electrons. The highest BCUT2D eigenvalue weighted by Crippen LogP contribution is 2.32. The Kier molecular flexibility index (Phi) is 6.36. The molecule has 1 atom stereocenters. The van der Waals surface area contributed by atoms with E-state index in [1.807, 2.05) is 13.8 Å². The largest absolute Gasteiger partial charge is 0.393 e. The predicted octanol–water partition coefficient (Wildman–Crippen LogP) is 2.18. The van der Waals surface area contributed by atoms with E-state index < -0.39 is 0 Å². The molecule has 1 aliphatic carbocycles. The van der Waals surface area contributed by atoms with Gasteiger partial charge in [-0.05, 0) is 25.2 Å². The van der Waals surface area contributed by atoms with Gasteiger partial charge in [0.15, 0.2) is 5.82 Å². The molecule has 0 aromatic carbocycles. The van der Waals surface area contributed by atoms with Gasteiger partial charge in [0, 0.05) is 25.3 Å². The highest BCUT2D eigenvalue weighted by molar-refractivity contribution is 5.75. The molecular formula is C16H27N3O3. The number of amides is 1. The minimum atomic E-state index is -0.370. The van der Waals surface area contributed by atoms with E-state index in [-0.39, 0.29) is 17.9 Å². The van der Waals surface area contributed by atoms with Crippen LogP contribution in [0.2, 0.25) is 0 Å². The fraction of sp³-hybridized carbons (Fsp3) is 0.812. The van der Waals surface area contributed by atoms with Crippen molar-refractivity contribution in [3.8, 4) is 0 Å². The predicted molar refractivity (Wildman–Crippen MR) is 82.3 cm³/mol. The van der Waals surface area contributed by atoms with Crippen molar-refractivity contribution < 1.29 is 14.4 Å². The molecule has 1 heterocycles. The Morgan fingerprint density at radius 1 is 1.41 bits per heavy atom. The second kappa shape index (κ2) is 8.27. The summed E-state index contributed by atoms with van der Waals surface area (Å²) >= 11 is 0. The molecule has 0 bridgehead atoms. The molecule has 6 nitrogen and oxygen atoms in total. The van der Waals surface area contributed by atoms with Gasteiger partial charge < -0.3 is 14.9 Å².